The van der Waals surface area contributed by atoms with Gasteiger partial charge < -0.3 is 4.42 Å². The minimum absolute atomic E-state index is 0.371. The van der Waals surface area contributed by atoms with Gasteiger partial charge >= 0.3 is 0 Å². The first-order valence-corrected chi connectivity index (χ1v) is 5.93. The minimum atomic E-state index is -0.371. The van der Waals surface area contributed by atoms with Gasteiger partial charge in [0, 0.05) is 5.56 Å². The van der Waals surface area contributed by atoms with Gasteiger partial charge in [0.2, 0.25) is 12.0 Å². The number of nitrogens with zero attached hydrogens (tertiary/aromatic N) is 2. The molecule has 90 valence electrons. The number of aliphatic imine (C=N–C) groups is 1. The molecule has 1 aromatic heterocycles. The molecule has 4 nitrogen and oxygen atoms in total. The summed E-state index contributed by atoms with van der Waals surface area (Å²) >= 11 is 0. The van der Waals surface area contributed by atoms with Crippen LogP contribution in [0.1, 0.15) is 24.8 Å². The Morgan fingerprint density at radius 3 is 2.89 bits per heavy atom. The normalized spacial score (nSPS) is 16.7. The highest BCUT2D eigenvalue weighted by Crippen LogP contribution is 2.45. The first kappa shape index (κ1) is 10.9. The highest BCUT2D eigenvalue weighted by molar-refractivity contribution is 5.55. The lowest BCUT2D eigenvalue weighted by Gasteiger charge is -2.37. The van der Waals surface area contributed by atoms with E-state index in [0.717, 1.165) is 30.4 Å². The molecular formula is C14H12N2O2. The Bertz CT molecular complexity index is 594. The molecule has 1 heterocycles. The second kappa shape index (κ2) is 4.24. The molecule has 1 fully saturated rings. The lowest BCUT2D eigenvalue weighted by atomic mass is 9.72. The molecular weight excluding hydrogens is 228 g/mol. The molecule has 1 aromatic carbocycles. The maximum Gasteiger partial charge on any atom is 0.235 e. The molecule has 2 aromatic rings. The number of oxazole rings is 1. The number of benzene rings is 1. The summed E-state index contributed by atoms with van der Waals surface area (Å²) in [6.07, 6.45) is 7.75. The second-order valence-electron chi connectivity index (χ2n) is 4.51. The fourth-order valence-electron chi connectivity index (χ4n) is 2.37. The zero-order valence-corrected chi connectivity index (χ0v) is 9.80. The molecule has 0 amide bonds. The SMILES string of the molecule is O=C=NC1(c2cccc(-c3ncco3)c2)CCC1. The summed E-state index contributed by atoms with van der Waals surface area (Å²) in [7, 11) is 0. The molecule has 0 saturated heterocycles. The van der Waals surface area contributed by atoms with Crippen molar-refractivity contribution < 1.29 is 9.21 Å². The molecule has 4 heteroatoms. The Labute approximate surface area is 104 Å². The van der Waals surface area contributed by atoms with Crippen LogP contribution < -0.4 is 0 Å². The Hall–Kier alpha value is -2.19. The van der Waals surface area contributed by atoms with Crippen molar-refractivity contribution in [1.29, 1.82) is 0 Å². The van der Waals surface area contributed by atoms with Gasteiger partial charge in [0.1, 0.15) is 6.26 Å². The van der Waals surface area contributed by atoms with Gasteiger partial charge in [0.05, 0.1) is 11.7 Å². The second-order valence-corrected chi connectivity index (χ2v) is 4.51. The fourth-order valence-corrected chi connectivity index (χ4v) is 2.37. The van der Waals surface area contributed by atoms with Crippen molar-refractivity contribution in [2.75, 3.05) is 0 Å². The topological polar surface area (TPSA) is 55.5 Å². The molecule has 0 N–H and O–H groups in total. The van der Waals surface area contributed by atoms with Crippen LogP contribution >= 0.6 is 0 Å². The van der Waals surface area contributed by atoms with E-state index in [1.165, 1.54) is 0 Å². The maximum atomic E-state index is 10.6. The summed E-state index contributed by atoms with van der Waals surface area (Å²) in [4.78, 5) is 18.7. The van der Waals surface area contributed by atoms with Gasteiger partial charge in [-0.3, -0.25) is 0 Å². The van der Waals surface area contributed by atoms with Crippen LogP contribution in [0.25, 0.3) is 11.5 Å². The molecule has 1 aliphatic carbocycles. The van der Waals surface area contributed by atoms with E-state index >= 15 is 0 Å². The predicted molar refractivity (Wildman–Crippen MR) is 65.6 cm³/mol. The van der Waals surface area contributed by atoms with Gasteiger partial charge in [-0.15, -0.1) is 0 Å². The largest absolute Gasteiger partial charge is 0.445 e. The molecule has 0 radical (unpaired) electrons. The molecule has 3 rings (SSSR count). The van der Waals surface area contributed by atoms with Crippen LogP contribution in [0, 0.1) is 0 Å². The van der Waals surface area contributed by atoms with Gasteiger partial charge in [-0.25, -0.2) is 9.78 Å². The zero-order chi connectivity index (χ0) is 12.4. The summed E-state index contributed by atoms with van der Waals surface area (Å²) in [6.45, 7) is 0. The van der Waals surface area contributed by atoms with Gasteiger partial charge in [0.25, 0.3) is 0 Å². The van der Waals surface area contributed by atoms with Crippen LogP contribution in [0.2, 0.25) is 0 Å². The van der Waals surface area contributed by atoms with Crippen LogP contribution in [-0.4, -0.2) is 11.1 Å². The van der Waals surface area contributed by atoms with Gasteiger partial charge in [-0.1, -0.05) is 12.1 Å². The van der Waals surface area contributed by atoms with Crippen molar-refractivity contribution in [2.45, 2.75) is 24.8 Å². The summed E-state index contributed by atoms with van der Waals surface area (Å²) in [5.41, 5.74) is 1.57. The number of rotatable bonds is 3. The molecule has 0 atom stereocenters. The first-order chi connectivity index (χ1) is 8.84. The Kier molecular flexibility index (Phi) is 2.58. The highest BCUT2D eigenvalue weighted by Gasteiger charge is 2.38. The van der Waals surface area contributed by atoms with Crippen LogP contribution in [0.4, 0.5) is 0 Å². The van der Waals surface area contributed by atoms with Gasteiger partial charge in [0.15, 0.2) is 0 Å². The summed E-state index contributed by atoms with van der Waals surface area (Å²) < 4.78 is 5.28. The zero-order valence-electron chi connectivity index (χ0n) is 9.80. The van der Waals surface area contributed by atoms with E-state index < -0.39 is 0 Å². The van der Waals surface area contributed by atoms with Crippen LogP contribution in [0.3, 0.4) is 0 Å². The van der Waals surface area contributed by atoms with Crippen LogP contribution in [0.5, 0.6) is 0 Å². The number of hydrogen-bond acceptors (Lipinski definition) is 4. The van der Waals surface area contributed by atoms with E-state index in [1.54, 1.807) is 18.5 Å². The van der Waals surface area contributed by atoms with Crippen LogP contribution in [0.15, 0.2) is 46.1 Å². The lowest BCUT2D eigenvalue weighted by molar-refractivity contribution is 0.256. The molecule has 1 saturated carbocycles. The number of hydrogen-bond donors (Lipinski definition) is 0. The third kappa shape index (κ3) is 1.67. The average molecular weight is 240 g/mol. The molecule has 0 aliphatic heterocycles. The lowest BCUT2D eigenvalue weighted by Crippen LogP contribution is -2.31. The minimum Gasteiger partial charge on any atom is -0.445 e. The number of aromatic nitrogens is 1. The fraction of sp³-hybridized carbons (Fsp3) is 0.286. The monoisotopic (exact) mass is 240 g/mol. The van der Waals surface area contributed by atoms with E-state index in [4.69, 9.17) is 4.42 Å². The van der Waals surface area contributed by atoms with Crippen molar-refractivity contribution in [3.05, 3.63) is 42.3 Å². The number of isocyanates is 1. The molecule has 0 bridgehead atoms. The van der Waals surface area contributed by atoms with Gasteiger partial charge in [-0.05, 0) is 37.0 Å². The molecule has 0 unspecified atom stereocenters. The Morgan fingerprint density at radius 2 is 2.28 bits per heavy atom. The van der Waals surface area contributed by atoms with E-state index in [-0.39, 0.29) is 5.54 Å². The van der Waals surface area contributed by atoms with Crippen molar-refractivity contribution in [2.24, 2.45) is 4.99 Å². The van der Waals surface area contributed by atoms with E-state index in [2.05, 4.69) is 9.98 Å². The quantitative estimate of drug-likeness (QED) is 0.612. The van der Waals surface area contributed by atoms with Crippen molar-refractivity contribution in [3.63, 3.8) is 0 Å². The third-order valence-electron chi connectivity index (χ3n) is 3.52. The standard InChI is InChI=1S/C14H12N2O2/c17-10-16-14(5-2-6-14)12-4-1-3-11(9-12)13-15-7-8-18-13/h1,3-4,7-9H,2,5-6H2. The van der Waals surface area contributed by atoms with Crippen molar-refractivity contribution in [3.8, 4) is 11.5 Å². The first-order valence-electron chi connectivity index (χ1n) is 5.93. The summed E-state index contributed by atoms with van der Waals surface area (Å²) in [6, 6.07) is 7.86. The molecule has 1 aliphatic rings. The van der Waals surface area contributed by atoms with Gasteiger partial charge in [-0.2, -0.15) is 4.99 Å². The molecule has 0 spiro atoms. The summed E-state index contributed by atoms with van der Waals surface area (Å²) in [5.74, 6) is 0.585. The Morgan fingerprint density at radius 1 is 1.39 bits per heavy atom. The highest BCUT2D eigenvalue weighted by atomic mass is 16.3. The maximum absolute atomic E-state index is 10.6. The van der Waals surface area contributed by atoms with Crippen LogP contribution in [-0.2, 0) is 10.3 Å². The van der Waals surface area contributed by atoms with Crippen molar-refractivity contribution >= 4 is 6.08 Å². The third-order valence-corrected chi connectivity index (χ3v) is 3.52. The van der Waals surface area contributed by atoms with E-state index in [9.17, 15) is 4.79 Å². The van der Waals surface area contributed by atoms with Crippen molar-refractivity contribution in [1.82, 2.24) is 4.98 Å². The summed E-state index contributed by atoms with van der Waals surface area (Å²) in [5, 5.41) is 0. The average Bonchev–Trinajstić information content (AvgIpc) is 2.88. The van der Waals surface area contributed by atoms with E-state index in [1.807, 2.05) is 24.3 Å². The molecule has 18 heavy (non-hydrogen) atoms. The predicted octanol–water partition coefficient (Wildman–Crippen LogP) is 3.06. The smallest absolute Gasteiger partial charge is 0.235 e. The van der Waals surface area contributed by atoms with E-state index in [0.29, 0.717) is 5.89 Å². The number of carbonyl (C=O) groups excluding carboxylic acids is 1. The Balaban J connectivity index is 2.03.